The lowest BCUT2D eigenvalue weighted by Gasteiger charge is -2.21. The maximum absolute atomic E-state index is 12.8. The quantitative estimate of drug-likeness (QED) is 0.483. The standard InChI is InChI=1S/C25H27NO2/c1-4-28-23-14-11-20(12-15-23)24(17-25(27)21-8-6-5-7-9-21)26-22-13-10-18(2)19(3)16-22/h5-16,24,26H,4,17H2,1-3H3. The second-order valence-electron chi connectivity index (χ2n) is 6.99. The predicted molar refractivity (Wildman–Crippen MR) is 115 cm³/mol. The first kappa shape index (κ1) is 19.7. The van der Waals surface area contributed by atoms with E-state index in [4.69, 9.17) is 4.74 Å². The van der Waals surface area contributed by atoms with E-state index in [9.17, 15) is 4.79 Å². The van der Waals surface area contributed by atoms with Crippen molar-refractivity contribution in [2.45, 2.75) is 33.2 Å². The molecule has 3 nitrogen and oxygen atoms in total. The number of ether oxygens (including phenoxy) is 1. The van der Waals surface area contributed by atoms with E-state index in [1.165, 1.54) is 11.1 Å². The van der Waals surface area contributed by atoms with Gasteiger partial charge in [0.05, 0.1) is 12.6 Å². The summed E-state index contributed by atoms with van der Waals surface area (Å²) in [6, 6.07) is 23.6. The van der Waals surface area contributed by atoms with Gasteiger partial charge in [-0.05, 0) is 61.7 Å². The number of hydrogen-bond donors (Lipinski definition) is 1. The Bertz CT molecular complexity index is 917. The molecule has 0 aliphatic rings. The normalized spacial score (nSPS) is 11.7. The summed E-state index contributed by atoms with van der Waals surface area (Å²) in [5, 5.41) is 3.55. The van der Waals surface area contributed by atoms with Gasteiger partial charge in [0.2, 0.25) is 0 Å². The van der Waals surface area contributed by atoms with E-state index in [2.05, 4.69) is 37.4 Å². The molecule has 0 bridgehead atoms. The molecule has 0 aliphatic carbocycles. The zero-order valence-corrected chi connectivity index (χ0v) is 16.7. The third-order valence-electron chi connectivity index (χ3n) is 4.93. The molecule has 3 heteroatoms. The van der Waals surface area contributed by atoms with Crippen LogP contribution in [0.25, 0.3) is 0 Å². The van der Waals surface area contributed by atoms with Gasteiger partial charge < -0.3 is 10.1 Å². The Balaban J connectivity index is 1.86. The summed E-state index contributed by atoms with van der Waals surface area (Å²) in [6.07, 6.45) is 0.380. The van der Waals surface area contributed by atoms with Gasteiger partial charge in [0.1, 0.15) is 5.75 Å². The monoisotopic (exact) mass is 373 g/mol. The van der Waals surface area contributed by atoms with Gasteiger partial charge in [-0.15, -0.1) is 0 Å². The Morgan fingerprint density at radius 1 is 0.929 bits per heavy atom. The molecule has 144 valence electrons. The molecule has 1 atom stereocenters. The van der Waals surface area contributed by atoms with Crippen LogP contribution < -0.4 is 10.1 Å². The van der Waals surface area contributed by atoms with Crippen LogP contribution in [0.15, 0.2) is 72.8 Å². The largest absolute Gasteiger partial charge is 0.494 e. The summed E-state index contributed by atoms with van der Waals surface area (Å²) >= 11 is 0. The topological polar surface area (TPSA) is 38.3 Å². The van der Waals surface area contributed by atoms with Gasteiger partial charge in [-0.25, -0.2) is 0 Å². The molecule has 28 heavy (non-hydrogen) atoms. The van der Waals surface area contributed by atoms with Gasteiger partial charge in [-0.1, -0.05) is 48.5 Å². The molecule has 1 unspecified atom stereocenters. The summed E-state index contributed by atoms with van der Waals surface area (Å²) in [5.74, 6) is 0.960. The van der Waals surface area contributed by atoms with Crippen molar-refractivity contribution >= 4 is 11.5 Å². The summed E-state index contributed by atoms with van der Waals surface area (Å²) < 4.78 is 5.55. The zero-order valence-electron chi connectivity index (χ0n) is 16.7. The fraction of sp³-hybridized carbons (Fsp3) is 0.240. The van der Waals surface area contributed by atoms with Crippen LogP contribution in [0.2, 0.25) is 0 Å². The SMILES string of the molecule is CCOc1ccc(C(CC(=O)c2ccccc2)Nc2ccc(C)c(C)c2)cc1. The van der Waals surface area contributed by atoms with Crippen LogP contribution in [0.4, 0.5) is 5.69 Å². The highest BCUT2D eigenvalue weighted by Gasteiger charge is 2.18. The number of carbonyl (C=O) groups is 1. The van der Waals surface area contributed by atoms with Gasteiger partial charge in [0.25, 0.3) is 0 Å². The van der Waals surface area contributed by atoms with Gasteiger partial charge >= 0.3 is 0 Å². The minimum Gasteiger partial charge on any atom is -0.494 e. The molecule has 0 radical (unpaired) electrons. The Labute approximate surface area is 167 Å². The maximum Gasteiger partial charge on any atom is 0.165 e. The molecule has 3 aromatic carbocycles. The number of anilines is 1. The summed E-state index contributed by atoms with van der Waals surface area (Å²) in [6.45, 7) is 6.80. The smallest absolute Gasteiger partial charge is 0.165 e. The van der Waals surface area contributed by atoms with E-state index < -0.39 is 0 Å². The van der Waals surface area contributed by atoms with Crippen molar-refractivity contribution in [3.05, 3.63) is 95.1 Å². The predicted octanol–water partition coefficient (Wildman–Crippen LogP) is 6.13. The second-order valence-corrected chi connectivity index (χ2v) is 6.99. The molecule has 3 aromatic rings. The van der Waals surface area contributed by atoms with Crippen molar-refractivity contribution in [1.29, 1.82) is 0 Å². The lowest BCUT2D eigenvalue weighted by Crippen LogP contribution is -2.16. The molecule has 3 rings (SSSR count). The highest BCUT2D eigenvalue weighted by Crippen LogP contribution is 2.27. The van der Waals surface area contributed by atoms with E-state index in [1.807, 2.05) is 61.5 Å². The lowest BCUT2D eigenvalue weighted by molar-refractivity contribution is 0.0976. The average Bonchev–Trinajstić information content (AvgIpc) is 2.72. The fourth-order valence-corrected chi connectivity index (χ4v) is 3.17. The Hall–Kier alpha value is -3.07. The number of nitrogens with one attached hydrogen (secondary N) is 1. The van der Waals surface area contributed by atoms with E-state index in [0.717, 1.165) is 22.6 Å². The van der Waals surface area contributed by atoms with Gasteiger partial charge in [0, 0.05) is 17.7 Å². The van der Waals surface area contributed by atoms with Crippen LogP contribution in [0, 0.1) is 13.8 Å². The summed E-state index contributed by atoms with van der Waals surface area (Å²) in [4.78, 5) is 12.8. The number of benzene rings is 3. The summed E-state index contributed by atoms with van der Waals surface area (Å²) in [7, 11) is 0. The molecule has 0 heterocycles. The van der Waals surface area contributed by atoms with Crippen LogP contribution in [-0.4, -0.2) is 12.4 Å². The number of rotatable bonds is 8. The Morgan fingerprint density at radius 3 is 2.29 bits per heavy atom. The van der Waals surface area contributed by atoms with Crippen LogP contribution in [-0.2, 0) is 0 Å². The molecule has 0 saturated carbocycles. The third kappa shape index (κ3) is 5.01. The number of aryl methyl sites for hydroxylation is 2. The number of ketones is 1. The summed E-state index contributed by atoms with van der Waals surface area (Å²) in [5.41, 5.74) is 5.29. The molecule has 0 fully saturated rings. The molecule has 0 aromatic heterocycles. The second kappa shape index (κ2) is 9.23. The van der Waals surface area contributed by atoms with Gasteiger partial charge in [-0.2, -0.15) is 0 Å². The Morgan fingerprint density at radius 2 is 1.64 bits per heavy atom. The van der Waals surface area contributed by atoms with Crippen LogP contribution >= 0.6 is 0 Å². The maximum atomic E-state index is 12.8. The van der Waals surface area contributed by atoms with Crippen LogP contribution in [0.3, 0.4) is 0 Å². The van der Waals surface area contributed by atoms with Crippen LogP contribution in [0.5, 0.6) is 5.75 Å². The van der Waals surface area contributed by atoms with Crippen molar-refractivity contribution in [1.82, 2.24) is 0 Å². The first-order chi connectivity index (χ1) is 13.6. The third-order valence-corrected chi connectivity index (χ3v) is 4.93. The number of carbonyl (C=O) groups excluding carboxylic acids is 1. The van der Waals surface area contributed by atoms with Gasteiger partial charge in [0.15, 0.2) is 5.78 Å². The molecular weight excluding hydrogens is 346 g/mol. The first-order valence-corrected chi connectivity index (χ1v) is 9.71. The van der Waals surface area contributed by atoms with Crippen molar-refractivity contribution in [2.75, 3.05) is 11.9 Å². The van der Waals surface area contributed by atoms with Crippen molar-refractivity contribution in [3.63, 3.8) is 0 Å². The molecule has 0 spiro atoms. The molecule has 1 N–H and O–H groups in total. The minimum atomic E-state index is -0.120. The van der Waals surface area contributed by atoms with E-state index in [1.54, 1.807) is 0 Å². The number of hydrogen-bond acceptors (Lipinski definition) is 3. The van der Waals surface area contributed by atoms with Crippen molar-refractivity contribution < 1.29 is 9.53 Å². The molecular formula is C25H27NO2. The molecule has 0 aliphatic heterocycles. The zero-order chi connectivity index (χ0) is 19.9. The highest BCUT2D eigenvalue weighted by molar-refractivity contribution is 5.96. The van der Waals surface area contributed by atoms with E-state index in [0.29, 0.717) is 13.0 Å². The number of Topliss-reactive ketones (excluding diaryl/α,β-unsaturated/α-hetero) is 1. The fourth-order valence-electron chi connectivity index (χ4n) is 3.17. The van der Waals surface area contributed by atoms with E-state index in [-0.39, 0.29) is 11.8 Å². The lowest BCUT2D eigenvalue weighted by atomic mass is 9.97. The average molecular weight is 373 g/mol. The van der Waals surface area contributed by atoms with Gasteiger partial charge in [-0.3, -0.25) is 4.79 Å². The Kier molecular flexibility index (Phi) is 6.49. The molecule has 0 saturated heterocycles. The first-order valence-electron chi connectivity index (χ1n) is 9.71. The van der Waals surface area contributed by atoms with E-state index >= 15 is 0 Å². The highest BCUT2D eigenvalue weighted by atomic mass is 16.5. The van der Waals surface area contributed by atoms with Crippen molar-refractivity contribution in [2.24, 2.45) is 0 Å². The van der Waals surface area contributed by atoms with Crippen molar-refractivity contribution in [3.8, 4) is 5.75 Å². The minimum absolute atomic E-state index is 0.120. The van der Waals surface area contributed by atoms with Crippen LogP contribution in [0.1, 0.15) is 46.4 Å². The molecule has 0 amide bonds.